The van der Waals surface area contributed by atoms with Crippen LogP contribution in [0.3, 0.4) is 0 Å². The Morgan fingerprint density at radius 2 is 1.57 bits per heavy atom. The van der Waals surface area contributed by atoms with Crippen molar-refractivity contribution in [1.82, 2.24) is 9.97 Å². The van der Waals surface area contributed by atoms with E-state index in [0.717, 1.165) is 11.4 Å². The number of hydrogen-bond acceptors (Lipinski definition) is 6. The standard InChI is InChI=1S/C23H22N4O2S/c1-16(17-6-4-3-5-7-17)26-18-8-10-19(11-9-18)27-23-21-14-20(30(2,28)29)12-13-22(21)24-15-25-23/h3-16,26H,1-2H3,(H,24,25,27). The van der Waals surface area contributed by atoms with Gasteiger partial charge in [-0.05, 0) is 55.0 Å². The van der Waals surface area contributed by atoms with E-state index in [1.165, 1.54) is 18.1 Å². The maximum absolute atomic E-state index is 11.9. The van der Waals surface area contributed by atoms with Crippen molar-refractivity contribution in [3.05, 3.63) is 84.7 Å². The van der Waals surface area contributed by atoms with Gasteiger partial charge in [-0.25, -0.2) is 18.4 Å². The van der Waals surface area contributed by atoms with Crippen LogP contribution in [-0.2, 0) is 9.84 Å². The van der Waals surface area contributed by atoms with Crippen LogP contribution in [0, 0.1) is 0 Å². The number of rotatable bonds is 6. The number of nitrogens with zero attached hydrogens (tertiary/aromatic N) is 2. The summed E-state index contributed by atoms with van der Waals surface area (Å²) in [7, 11) is -3.32. The molecule has 1 unspecified atom stereocenters. The van der Waals surface area contributed by atoms with E-state index in [1.54, 1.807) is 18.2 Å². The molecule has 0 fully saturated rings. The van der Waals surface area contributed by atoms with E-state index in [1.807, 2.05) is 42.5 Å². The van der Waals surface area contributed by atoms with Crippen molar-refractivity contribution in [3.63, 3.8) is 0 Å². The molecular formula is C23H22N4O2S. The number of aromatic nitrogens is 2. The molecule has 152 valence electrons. The highest BCUT2D eigenvalue weighted by Gasteiger charge is 2.11. The summed E-state index contributed by atoms with van der Waals surface area (Å²) in [5.41, 5.74) is 3.74. The van der Waals surface area contributed by atoms with Crippen molar-refractivity contribution in [2.45, 2.75) is 17.9 Å². The Balaban J connectivity index is 1.55. The minimum atomic E-state index is -3.32. The number of anilines is 3. The highest BCUT2D eigenvalue weighted by Crippen LogP contribution is 2.27. The van der Waals surface area contributed by atoms with Crippen LogP contribution in [0.5, 0.6) is 0 Å². The average molecular weight is 419 g/mol. The van der Waals surface area contributed by atoms with Crippen molar-refractivity contribution >= 4 is 37.9 Å². The normalized spacial score (nSPS) is 12.5. The Hall–Kier alpha value is -3.45. The SMILES string of the molecule is CC(Nc1ccc(Nc2ncnc3ccc(S(C)(=O)=O)cc23)cc1)c1ccccc1. The van der Waals surface area contributed by atoms with Crippen LogP contribution in [-0.4, -0.2) is 24.6 Å². The van der Waals surface area contributed by atoms with Gasteiger partial charge in [-0.2, -0.15) is 0 Å². The topological polar surface area (TPSA) is 84.0 Å². The molecule has 0 bridgehead atoms. The van der Waals surface area contributed by atoms with Gasteiger partial charge in [0.1, 0.15) is 12.1 Å². The minimum Gasteiger partial charge on any atom is -0.379 e. The Kier molecular flexibility index (Phi) is 5.37. The Bertz CT molecular complexity index is 1270. The molecule has 0 aliphatic rings. The summed E-state index contributed by atoms with van der Waals surface area (Å²) in [6.07, 6.45) is 2.65. The zero-order valence-electron chi connectivity index (χ0n) is 16.7. The van der Waals surface area contributed by atoms with Crippen LogP contribution in [0.1, 0.15) is 18.5 Å². The first kappa shape index (κ1) is 19.8. The summed E-state index contributed by atoms with van der Waals surface area (Å²) in [5, 5.41) is 7.40. The monoisotopic (exact) mass is 418 g/mol. The largest absolute Gasteiger partial charge is 0.379 e. The van der Waals surface area contributed by atoms with E-state index in [0.29, 0.717) is 16.7 Å². The van der Waals surface area contributed by atoms with Gasteiger partial charge < -0.3 is 10.6 Å². The molecule has 7 heteroatoms. The first-order valence-electron chi connectivity index (χ1n) is 9.53. The number of benzene rings is 3. The van der Waals surface area contributed by atoms with Crippen LogP contribution in [0.25, 0.3) is 10.9 Å². The van der Waals surface area contributed by atoms with E-state index >= 15 is 0 Å². The van der Waals surface area contributed by atoms with Gasteiger partial charge >= 0.3 is 0 Å². The van der Waals surface area contributed by atoms with Crippen LogP contribution >= 0.6 is 0 Å². The maximum Gasteiger partial charge on any atom is 0.175 e. The van der Waals surface area contributed by atoms with Crippen molar-refractivity contribution in [3.8, 4) is 0 Å². The van der Waals surface area contributed by atoms with Gasteiger partial charge in [0.05, 0.1) is 10.4 Å². The second-order valence-electron chi connectivity index (χ2n) is 7.15. The molecule has 1 heterocycles. The Morgan fingerprint density at radius 3 is 2.27 bits per heavy atom. The lowest BCUT2D eigenvalue weighted by molar-refractivity contribution is 0.602. The molecule has 0 radical (unpaired) electrons. The Labute approximate surface area is 175 Å². The fraction of sp³-hybridized carbons (Fsp3) is 0.130. The predicted octanol–water partition coefficient (Wildman–Crippen LogP) is 4.95. The quantitative estimate of drug-likeness (QED) is 0.461. The highest BCUT2D eigenvalue weighted by atomic mass is 32.2. The molecular weight excluding hydrogens is 396 g/mol. The summed E-state index contributed by atoms with van der Waals surface area (Å²) in [4.78, 5) is 8.77. The lowest BCUT2D eigenvalue weighted by Gasteiger charge is -2.16. The summed E-state index contributed by atoms with van der Waals surface area (Å²) < 4.78 is 23.8. The molecule has 4 rings (SSSR count). The molecule has 0 aliphatic carbocycles. The van der Waals surface area contributed by atoms with Crippen LogP contribution in [0.4, 0.5) is 17.2 Å². The van der Waals surface area contributed by atoms with Crippen LogP contribution in [0.2, 0.25) is 0 Å². The van der Waals surface area contributed by atoms with E-state index < -0.39 is 9.84 Å². The second-order valence-corrected chi connectivity index (χ2v) is 9.17. The molecule has 0 aliphatic heterocycles. The van der Waals surface area contributed by atoms with Gasteiger partial charge in [0.2, 0.25) is 0 Å². The summed E-state index contributed by atoms with van der Waals surface area (Å²) in [6, 6.07) is 23.2. The van der Waals surface area contributed by atoms with Gasteiger partial charge in [-0.3, -0.25) is 0 Å². The first-order chi connectivity index (χ1) is 14.4. The van der Waals surface area contributed by atoms with E-state index in [4.69, 9.17) is 0 Å². The van der Waals surface area contributed by atoms with E-state index in [2.05, 4.69) is 39.7 Å². The van der Waals surface area contributed by atoms with Gasteiger partial charge in [0, 0.05) is 29.1 Å². The third kappa shape index (κ3) is 4.41. The molecule has 3 aromatic carbocycles. The second kappa shape index (κ2) is 8.12. The molecule has 1 atom stereocenters. The van der Waals surface area contributed by atoms with Gasteiger partial charge in [-0.15, -0.1) is 0 Å². The average Bonchev–Trinajstić information content (AvgIpc) is 2.75. The van der Waals surface area contributed by atoms with Gasteiger partial charge in [-0.1, -0.05) is 30.3 Å². The minimum absolute atomic E-state index is 0.185. The lowest BCUT2D eigenvalue weighted by atomic mass is 10.1. The third-order valence-corrected chi connectivity index (χ3v) is 5.98. The predicted molar refractivity (Wildman–Crippen MR) is 121 cm³/mol. The zero-order chi connectivity index (χ0) is 21.1. The maximum atomic E-state index is 11.9. The summed E-state index contributed by atoms with van der Waals surface area (Å²) >= 11 is 0. The fourth-order valence-corrected chi connectivity index (χ4v) is 3.87. The molecule has 4 aromatic rings. The highest BCUT2D eigenvalue weighted by molar-refractivity contribution is 7.90. The fourth-order valence-electron chi connectivity index (χ4n) is 3.23. The molecule has 0 spiro atoms. The zero-order valence-corrected chi connectivity index (χ0v) is 17.5. The molecule has 6 nitrogen and oxygen atoms in total. The van der Waals surface area contributed by atoms with Crippen LogP contribution < -0.4 is 10.6 Å². The third-order valence-electron chi connectivity index (χ3n) is 4.87. The molecule has 30 heavy (non-hydrogen) atoms. The number of fused-ring (bicyclic) bond motifs is 1. The van der Waals surface area contributed by atoms with E-state index in [-0.39, 0.29) is 10.9 Å². The molecule has 1 aromatic heterocycles. The van der Waals surface area contributed by atoms with Crippen molar-refractivity contribution < 1.29 is 8.42 Å². The van der Waals surface area contributed by atoms with Gasteiger partial charge in [0.15, 0.2) is 9.84 Å². The summed E-state index contributed by atoms with van der Waals surface area (Å²) in [6.45, 7) is 2.12. The number of sulfone groups is 1. The van der Waals surface area contributed by atoms with Crippen molar-refractivity contribution in [2.24, 2.45) is 0 Å². The lowest BCUT2D eigenvalue weighted by Crippen LogP contribution is -2.06. The van der Waals surface area contributed by atoms with Crippen molar-refractivity contribution in [2.75, 3.05) is 16.9 Å². The van der Waals surface area contributed by atoms with E-state index in [9.17, 15) is 8.42 Å². The van der Waals surface area contributed by atoms with Gasteiger partial charge in [0.25, 0.3) is 0 Å². The number of nitrogens with one attached hydrogen (secondary N) is 2. The Morgan fingerprint density at radius 1 is 0.867 bits per heavy atom. The first-order valence-corrected chi connectivity index (χ1v) is 11.4. The molecule has 0 saturated carbocycles. The van der Waals surface area contributed by atoms with Crippen LogP contribution in [0.15, 0.2) is 84.0 Å². The molecule has 0 amide bonds. The smallest absolute Gasteiger partial charge is 0.175 e. The molecule has 2 N–H and O–H groups in total. The molecule has 0 saturated heterocycles. The number of hydrogen-bond donors (Lipinski definition) is 2. The van der Waals surface area contributed by atoms with Crippen molar-refractivity contribution in [1.29, 1.82) is 0 Å². The summed E-state index contributed by atoms with van der Waals surface area (Å²) in [5.74, 6) is 0.559.